The summed E-state index contributed by atoms with van der Waals surface area (Å²) in [6, 6.07) is 4.45. The van der Waals surface area contributed by atoms with Crippen molar-refractivity contribution in [2.24, 2.45) is 5.41 Å². The van der Waals surface area contributed by atoms with Gasteiger partial charge in [-0.05, 0) is 30.5 Å². The van der Waals surface area contributed by atoms with E-state index in [0.717, 1.165) is 31.4 Å². The van der Waals surface area contributed by atoms with Crippen LogP contribution in [0.1, 0.15) is 43.2 Å². The summed E-state index contributed by atoms with van der Waals surface area (Å²) in [7, 11) is 0. The smallest absolute Gasteiger partial charge is 0.377 e. The molecule has 1 N–H and O–H groups in total. The van der Waals surface area contributed by atoms with Gasteiger partial charge in [0, 0.05) is 5.41 Å². The molecule has 1 fully saturated rings. The average molecular weight is 352 g/mol. The molecule has 0 saturated heterocycles. The van der Waals surface area contributed by atoms with Gasteiger partial charge in [-0.2, -0.15) is 13.2 Å². The largest absolute Gasteiger partial charge is 0.416 e. The highest BCUT2D eigenvalue weighted by Gasteiger charge is 2.51. The topological polar surface area (TPSA) is 29.5 Å². The van der Waals surface area contributed by atoms with Crippen LogP contribution in [0.3, 0.4) is 0 Å². The fraction of sp³-hybridized carbons (Fsp3) is 0.500. The number of terminal acetylenes is 1. The molecule has 1 unspecified atom stereocenters. The van der Waals surface area contributed by atoms with Gasteiger partial charge in [0.1, 0.15) is 0 Å². The number of alkyl halides is 3. The van der Waals surface area contributed by atoms with Crippen LogP contribution in [0, 0.1) is 17.8 Å². The Hall–Kier alpha value is -1.77. The molecule has 1 saturated carbocycles. The molecule has 2 nitrogen and oxygen atoms in total. The van der Waals surface area contributed by atoms with Gasteiger partial charge in [0.25, 0.3) is 0 Å². The summed E-state index contributed by atoms with van der Waals surface area (Å²) >= 11 is 0. The Morgan fingerprint density at radius 2 is 1.72 bits per heavy atom. The molecule has 1 aliphatic rings. The fourth-order valence-electron chi connectivity index (χ4n) is 3.62. The molecular formula is C20H23F3O2. The summed E-state index contributed by atoms with van der Waals surface area (Å²) in [5, 5.41) is 11.3. The first kappa shape index (κ1) is 19.6. The van der Waals surface area contributed by atoms with Crippen molar-refractivity contribution >= 4 is 0 Å². The minimum Gasteiger partial charge on any atom is -0.377 e. The van der Waals surface area contributed by atoms with Crippen LogP contribution in [0.25, 0.3) is 0 Å². The predicted octanol–water partition coefficient (Wildman–Crippen LogP) is 4.68. The Morgan fingerprint density at radius 3 is 2.20 bits per heavy atom. The molecule has 136 valence electrons. The molecule has 1 aromatic rings. The van der Waals surface area contributed by atoms with Crippen molar-refractivity contribution in [3.63, 3.8) is 0 Å². The monoisotopic (exact) mass is 352 g/mol. The molecule has 5 heteroatoms. The SMILES string of the molecule is C#CC(O)(c1ccc(C(F)(F)F)cc1)C1(COCC=C)CCCCC1. The highest BCUT2D eigenvalue weighted by Crippen LogP contribution is 2.50. The van der Waals surface area contributed by atoms with E-state index in [1.54, 1.807) is 6.08 Å². The molecule has 0 radical (unpaired) electrons. The molecule has 0 aromatic heterocycles. The minimum atomic E-state index is -4.43. The second-order valence-electron chi connectivity index (χ2n) is 6.57. The minimum absolute atomic E-state index is 0.237. The number of benzene rings is 1. The van der Waals surface area contributed by atoms with Gasteiger partial charge in [0.2, 0.25) is 0 Å². The van der Waals surface area contributed by atoms with E-state index >= 15 is 0 Å². The Bertz CT molecular complexity index is 622. The van der Waals surface area contributed by atoms with Gasteiger partial charge in [-0.3, -0.25) is 0 Å². The Morgan fingerprint density at radius 1 is 1.16 bits per heavy atom. The summed E-state index contributed by atoms with van der Waals surface area (Å²) in [4.78, 5) is 0. The van der Waals surface area contributed by atoms with Crippen LogP contribution in [0.5, 0.6) is 0 Å². The number of hydrogen-bond donors (Lipinski definition) is 1. The van der Waals surface area contributed by atoms with Crippen LogP contribution in [0.2, 0.25) is 0 Å². The average Bonchev–Trinajstić information content (AvgIpc) is 2.61. The van der Waals surface area contributed by atoms with E-state index in [2.05, 4.69) is 12.5 Å². The normalized spacial score (nSPS) is 19.6. The first-order chi connectivity index (χ1) is 11.8. The molecule has 1 aromatic carbocycles. The zero-order valence-electron chi connectivity index (χ0n) is 14.1. The van der Waals surface area contributed by atoms with Crippen molar-refractivity contribution in [2.75, 3.05) is 13.2 Å². The van der Waals surface area contributed by atoms with Crippen LogP contribution < -0.4 is 0 Å². The third-order valence-corrected chi connectivity index (χ3v) is 5.03. The summed E-state index contributed by atoms with van der Waals surface area (Å²) in [6.07, 6.45) is 7.01. The van der Waals surface area contributed by atoms with Crippen LogP contribution in [0.4, 0.5) is 13.2 Å². The van der Waals surface area contributed by atoms with Crippen molar-refractivity contribution in [3.8, 4) is 12.3 Å². The van der Waals surface area contributed by atoms with Crippen molar-refractivity contribution in [3.05, 3.63) is 48.0 Å². The second kappa shape index (κ2) is 7.63. The number of halogens is 3. The maximum Gasteiger partial charge on any atom is 0.416 e. The molecule has 1 aliphatic carbocycles. The zero-order chi connectivity index (χ0) is 18.6. The van der Waals surface area contributed by atoms with E-state index in [-0.39, 0.29) is 6.61 Å². The van der Waals surface area contributed by atoms with E-state index in [0.29, 0.717) is 25.0 Å². The summed E-state index contributed by atoms with van der Waals surface area (Å²) in [5.74, 6) is 2.46. The van der Waals surface area contributed by atoms with E-state index in [4.69, 9.17) is 11.2 Å². The van der Waals surface area contributed by atoms with Gasteiger partial charge < -0.3 is 9.84 Å². The Kier molecular flexibility index (Phi) is 5.97. The molecule has 1 atom stereocenters. The van der Waals surface area contributed by atoms with Crippen LogP contribution in [-0.2, 0) is 16.5 Å². The molecule has 2 rings (SSSR count). The van der Waals surface area contributed by atoms with Crippen molar-refractivity contribution in [1.29, 1.82) is 0 Å². The lowest BCUT2D eigenvalue weighted by molar-refractivity contribution is -0.137. The molecule has 0 aliphatic heterocycles. The fourth-order valence-corrected chi connectivity index (χ4v) is 3.62. The first-order valence-electron chi connectivity index (χ1n) is 8.36. The van der Waals surface area contributed by atoms with Crippen LogP contribution in [-0.4, -0.2) is 18.3 Å². The molecule has 25 heavy (non-hydrogen) atoms. The van der Waals surface area contributed by atoms with Gasteiger partial charge in [-0.15, -0.1) is 13.0 Å². The third-order valence-electron chi connectivity index (χ3n) is 5.03. The Balaban J connectivity index is 2.40. The lowest BCUT2D eigenvalue weighted by Crippen LogP contribution is -2.49. The molecule has 0 heterocycles. The van der Waals surface area contributed by atoms with Crippen molar-refractivity contribution in [2.45, 2.75) is 43.9 Å². The van der Waals surface area contributed by atoms with Crippen molar-refractivity contribution < 1.29 is 23.0 Å². The summed E-state index contributed by atoms with van der Waals surface area (Å²) in [5.41, 5.74) is -2.87. The van der Waals surface area contributed by atoms with Gasteiger partial charge >= 0.3 is 6.18 Å². The van der Waals surface area contributed by atoms with Gasteiger partial charge in [0.05, 0.1) is 18.8 Å². The standard InChI is InChI=1S/C20H23F3O2/c1-3-14-25-15-18(12-6-5-7-13-18)19(24,4-2)16-8-10-17(11-9-16)20(21,22)23/h2-3,8-11,24H,1,5-7,12-15H2. The lowest BCUT2D eigenvalue weighted by atomic mass is 9.61. The second-order valence-corrected chi connectivity index (χ2v) is 6.57. The first-order valence-corrected chi connectivity index (χ1v) is 8.36. The van der Waals surface area contributed by atoms with Gasteiger partial charge in [0.15, 0.2) is 5.60 Å². The molecule has 0 spiro atoms. The maximum atomic E-state index is 12.8. The highest BCUT2D eigenvalue weighted by atomic mass is 19.4. The predicted molar refractivity (Wildman–Crippen MR) is 90.7 cm³/mol. The third kappa shape index (κ3) is 3.91. The highest BCUT2D eigenvalue weighted by molar-refractivity contribution is 5.37. The number of rotatable bonds is 6. The number of aliphatic hydroxyl groups is 1. The van der Waals surface area contributed by atoms with Gasteiger partial charge in [-0.1, -0.05) is 43.4 Å². The molecule has 0 bridgehead atoms. The van der Waals surface area contributed by atoms with E-state index in [1.807, 2.05) is 0 Å². The summed E-state index contributed by atoms with van der Waals surface area (Å²) in [6.45, 7) is 4.17. The number of ether oxygens (including phenoxy) is 1. The van der Waals surface area contributed by atoms with Crippen LogP contribution >= 0.6 is 0 Å². The van der Waals surface area contributed by atoms with Crippen LogP contribution in [0.15, 0.2) is 36.9 Å². The number of hydrogen-bond acceptors (Lipinski definition) is 2. The molecule has 0 amide bonds. The lowest BCUT2D eigenvalue weighted by Gasteiger charge is -2.47. The summed E-state index contributed by atoms with van der Waals surface area (Å²) < 4.78 is 44.0. The van der Waals surface area contributed by atoms with E-state index in [9.17, 15) is 18.3 Å². The van der Waals surface area contributed by atoms with E-state index in [1.165, 1.54) is 12.1 Å². The maximum absolute atomic E-state index is 12.8. The quantitative estimate of drug-likeness (QED) is 0.458. The Labute approximate surface area is 146 Å². The van der Waals surface area contributed by atoms with Gasteiger partial charge in [-0.25, -0.2) is 0 Å². The zero-order valence-corrected chi connectivity index (χ0v) is 14.1. The van der Waals surface area contributed by atoms with Crippen molar-refractivity contribution in [1.82, 2.24) is 0 Å². The van der Waals surface area contributed by atoms with E-state index < -0.39 is 22.8 Å². The molecular weight excluding hydrogens is 329 g/mol.